The SMILES string of the molecule is CC1(C)c2ccccc2-c2ccc(N(c3ccc(-c4ccccc4)cc3)c3ccccc3C3(c4ccccc4)c4ccccc4-c4ccccc43)cc21.c1ccc(C2(c3ccccc3N(c3cccnc3)c3ccc4c5ccccc5n(-c5ccc6ccccc6c5)c4c3)c3ccccc3-c3ccccc32)cc1. The van der Waals surface area contributed by atoms with Gasteiger partial charge in [-0.25, -0.2) is 0 Å². The van der Waals surface area contributed by atoms with Gasteiger partial charge in [0.15, 0.2) is 0 Å². The van der Waals surface area contributed by atoms with Gasteiger partial charge in [0.2, 0.25) is 0 Å². The minimum atomic E-state index is -0.574. The highest BCUT2D eigenvalue weighted by Crippen LogP contribution is 2.62. The first-order valence-corrected chi connectivity index (χ1v) is 37.5. The third kappa shape index (κ3) is 9.94. The third-order valence-electron chi connectivity index (χ3n) is 23.3. The van der Waals surface area contributed by atoms with Crippen molar-refractivity contribution >= 4 is 66.7 Å². The Labute approximate surface area is 630 Å². The molecule has 16 aromatic carbocycles. The Balaban J connectivity index is 0.000000142. The average Bonchev–Trinajstić information content (AvgIpc) is 1.47. The van der Waals surface area contributed by atoms with Crippen molar-refractivity contribution in [3.63, 3.8) is 0 Å². The lowest BCUT2D eigenvalue weighted by molar-refractivity contribution is 0.660. The highest BCUT2D eigenvalue weighted by molar-refractivity contribution is 6.11. The summed E-state index contributed by atoms with van der Waals surface area (Å²) >= 11 is 0. The summed E-state index contributed by atoms with van der Waals surface area (Å²) in [6.45, 7) is 4.73. The van der Waals surface area contributed by atoms with Crippen molar-refractivity contribution in [2.75, 3.05) is 9.80 Å². The van der Waals surface area contributed by atoms with Gasteiger partial charge in [0.05, 0.1) is 45.1 Å². The lowest BCUT2D eigenvalue weighted by Gasteiger charge is -2.38. The molecular formula is C104H74N4. The van der Waals surface area contributed by atoms with Gasteiger partial charge in [-0.3, -0.25) is 4.98 Å². The van der Waals surface area contributed by atoms with Crippen molar-refractivity contribution in [3.8, 4) is 50.2 Å². The van der Waals surface area contributed by atoms with Crippen LogP contribution in [0.5, 0.6) is 0 Å². The molecule has 0 spiro atoms. The molecule has 2 aromatic heterocycles. The summed E-state index contributed by atoms with van der Waals surface area (Å²) in [7, 11) is 0. The highest BCUT2D eigenvalue weighted by atomic mass is 15.2. The van der Waals surface area contributed by atoms with Crippen molar-refractivity contribution in [2.45, 2.75) is 30.1 Å². The van der Waals surface area contributed by atoms with E-state index in [1.54, 1.807) is 0 Å². The molecule has 0 radical (unpaired) electrons. The van der Waals surface area contributed by atoms with Gasteiger partial charge in [-0.15, -0.1) is 0 Å². The Morgan fingerprint density at radius 1 is 0.259 bits per heavy atom. The Hall–Kier alpha value is -13.7. The van der Waals surface area contributed by atoms with E-state index in [9.17, 15) is 0 Å². The second-order valence-corrected chi connectivity index (χ2v) is 29.2. The average molecular weight is 1380 g/mol. The molecular weight excluding hydrogens is 1310 g/mol. The van der Waals surface area contributed by atoms with Crippen LogP contribution in [0.15, 0.2) is 413 Å². The van der Waals surface area contributed by atoms with Gasteiger partial charge in [-0.1, -0.05) is 335 Å². The van der Waals surface area contributed by atoms with Crippen LogP contribution < -0.4 is 9.80 Å². The van der Waals surface area contributed by atoms with Crippen LogP contribution in [0.3, 0.4) is 0 Å². The molecule has 4 nitrogen and oxygen atoms in total. The molecule has 0 atom stereocenters. The molecule has 108 heavy (non-hydrogen) atoms. The third-order valence-corrected chi connectivity index (χ3v) is 23.3. The predicted octanol–water partition coefficient (Wildman–Crippen LogP) is 26.7. The molecule has 0 amide bonds. The van der Waals surface area contributed by atoms with Gasteiger partial charge in [0.1, 0.15) is 0 Å². The summed E-state index contributed by atoms with van der Waals surface area (Å²) < 4.78 is 2.42. The van der Waals surface area contributed by atoms with E-state index in [0.29, 0.717) is 0 Å². The number of anilines is 6. The predicted molar refractivity (Wildman–Crippen MR) is 449 cm³/mol. The summed E-state index contributed by atoms with van der Waals surface area (Å²) in [6.07, 6.45) is 3.83. The largest absolute Gasteiger partial charge is 0.310 e. The fourth-order valence-electron chi connectivity index (χ4n) is 18.6. The van der Waals surface area contributed by atoms with Gasteiger partial charge in [0, 0.05) is 45.1 Å². The summed E-state index contributed by atoms with van der Waals surface area (Å²) in [5.41, 5.74) is 31.9. The second-order valence-electron chi connectivity index (χ2n) is 29.2. The smallest absolute Gasteiger partial charge is 0.0733 e. The fraction of sp³-hybridized carbons (Fsp3) is 0.0481. The van der Waals surface area contributed by atoms with E-state index in [4.69, 9.17) is 0 Å². The molecule has 0 bridgehead atoms. The number of pyridine rings is 1. The molecule has 0 saturated carbocycles. The number of hydrogen-bond donors (Lipinski definition) is 0. The molecule has 510 valence electrons. The number of nitrogens with zero attached hydrogens (tertiary/aromatic N) is 4. The Kier molecular flexibility index (Phi) is 15.3. The monoisotopic (exact) mass is 1380 g/mol. The number of benzene rings is 16. The van der Waals surface area contributed by atoms with Crippen LogP contribution in [0.1, 0.15) is 69.5 Å². The molecule has 21 rings (SSSR count). The molecule has 18 aromatic rings. The molecule has 0 aliphatic heterocycles. The molecule has 3 aliphatic carbocycles. The molecule has 0 N–H and O–H groups in total. The Morgan fingerprint density at radius 3 is 1.24 bits per heavy atom. The van der Waals surface area contributed by atoms with E-state index in [1.807, 2.05) is 18.5 Å². The molecule has 4 heteroatoms. The van der Waals surface area contributed by atoms with Crippen LogP contribution in [-0.2, 0) is 16.2 Å². The van der Waals surface area contributed by atoms with Crippen molar-refractivity contribution in [3.05, 3.63) is 468 Å². The van der Waals surface area contributed by atoms with Gasteiger partial charge in [0.25, 0.3) is 0 Å². The molecule has 0 unspecified atom stereocenters. The fourth-order valence-corrected chi connectivity index (χ4v) is 18.6. The van der Waals surface area contributed by atoms with Crippen LogP contribution in [0.2, 0.25) is 0 Å². The second kappa shape index (κ2) is 25.9. The van der Waals surface area contributed by atoms with Gasteiger partial charge >= 0.3 is 0 Å². The maximum Gasteiger partial charge on any atom is 0.0733 e. The van der Waals surface area contributed by atoms with E-state index in [0.717, 1.165) is 45.3 Å². The first kappa shape index (κ1) is 64.0. The van der Waals surface area contributed by atoms with E-state index >= 15 is 0 Å². The maximum absolute atomic E-state index is 4.68. The number of rotatable bonds is 12. The minimum Gasteiger partial charge on any atom is -0.310 e. The zero-order chi connectivity index (χ0) is 71.9. The van der Waals surface area contributed by atoms with Gasteiger partial charge in [-0.2, -0.15) is 0 Å². The standard InChI is InChI=1S/C52H35N3.C52H39N/c1-2-17-38(18-3-1)52(46-23-9-6-20-42(46)43-21-7-10-24-47(43)52)48-25-11-13-27-50(48)54(41-19-14-32-53-35-41)40-30-31-45-44-22-8-12-26-49(44)55(51(45)34-40)39-29-28-36-15-4-5-16-37(36)33-39;1-51(2)45-24-12-9-21-41(45)44-34-33-40(35-49(44)51)53(39-31-29-37(30-32-39)36-17-5-3-6-18-36)50-28-16-15-27-48(50)52(38-19-7-4-8-20-38)46-25-13-10-22-42(46)43-23-11-14-26-47(43)52/h1-35H;3-35H,1-2H3. The molecule has 0 fully saturated rings. The first-order valence-electron chi connectivity index (χ1n) is 37.5. The zero-order valence-electron chi connectivity index (χ0n) is 60.0. The first-order chi connectivity index (χ1) is 53.4. The van der Waals surface area contributed by atoms with E-state index in [1.165, 1.54) is 127 Å². The summed E-state index contributed by atoms with van der Waals surface area (Å²) in [4.78, 5) is 9.57. The van der Waals surface area contributed by atoms with Gasteiger partial charge < -0.3 is 14.4 Å². The highest BCUT2D eigenvalue weighted by Gasteiger charge is 2.50. The lowest BCUT2D eigenvalue weighted by Crippen LogP contribution is -2.30. The van der Waals surface area contributed by atoms with Crippen molar-refractivity contribution in [1.29, 1.82) is 0 Å². The van der Waals surface area contributed by atoms with Crippen LogP contribution in [0.4, 0.5) is 34.1 Å². The Morgan fingerprint density at radius 2 is 0.676 bits per heavy atom. The van der Waals surface area contributed by atoms with Crippen molar-refractivity contribution in [2.24, 2.45) is 0 Å². The number of fused-ring (bicyclic) bond motifs is 13. The Bertz CT molecular complexity index is 6380. The van der Waals surface area contributed by atoms with Crippen LogP contribution in [-0.4, -0.2) is 9.55 Å². The maximum atomic E-state index is 4.68. The van der Waals surface area contributed by atoms with Crippen molar-refractivity contribution in [1.82, 2.24) is 9.55 Å². The van der Waals surface area contributed by atoms with E-state index in [2.05, 4.69) is 428 Å². The van der Waals surface area contributed by atoms with Gasteiger partial charge in [-0.05, 0) is 190 Å². The summed E-state index contributed by atoms with van der Waals surface area (Å²) in [5, 5.41) is 4.89. The molecule has 3 aliphatic rings. The van der Waals surface area contributed by atoms with Crippen LogP contribution >= 0.6 is 0 Å². The quantitative estimate of drug-likeness (QED) is 0.122. The number of hydrogen-bond acceptors (Lipinski definition) is 3. The molecule has 2 heterocycles. The van der Waals surface area contributed by atoms with E-state index in [-0.39, 0.29) is 5.41 Å². The summed E-state index contributed by atoms with van der Waals surface area (Å²) in [6, 6.07) is 147. The zero-order valence-corrected chi connectivity index (χ0v) is 60.0. The lowest BCUT2D eigenvalue weighted by atomic mass is 9.67. The van der Waals surface area contributed by atoms with Crippen molar-refractivity contribution < 1.29 is 0 Å². The number of para-hydroxylation sites is 3. The summed E-state index contributed by atoms with van der Waals surface area (Å²) in [5.74, 6) is 0. The van der Waals surface area contributed by atoms with E-state index < -0.39 is 10.8 Å². The topological polar surface area (TPSA) is 24.3 Å². The normalized spacial score (nSPS) is 13.5. The van der Waals surface area contributed by atoms with Crippen LogP contribution in [0.25, 0.3) is 82.8 Å². The molecule has 0 saturated heterocycles. The van der Waals surface area contributed by atoms with Crippen LogP contribution in [0, 0.1) is 0 Å². The minimum absolute atomic E-state index is 0.126. The number of aromatic nitrogens is 2.